The zero-order valence-corrected chi connectivity index (χ0v) is 15.6. The van der Waals surface area contributed by atoms with E-state index in [-0.39, 0.29) is 0 Å². The van der Waals surface area contributed by atoms with Gasteiger partial charge in [0.15, 0.2) is 0 Å². The quantitative estimate of drug-likeness (QED) is 0.636. The van der Waals surface area contributed by atoms with Crippen molar-refractivity contribution in [3.8, 4) is 5.75 Å². The Labute approximate surface area is 155 Å². The molecule has 0 amide bonds. The number of rotatable bonds is 4. The van der Waals surface area contributed by atoms with Crippen molar-refractivity contribution in [3.05, 3.63) is 65.7 Å². The zero-order valence-electron chi connectivity index (χ0n) is 15.6. The van der Waals surface area contributed by atoms with Crippen molar-refractivity contribution >= 4 is 16.7 Å². The van der Waals surface area contributed by atoms with Crippen LogP contribution >= 0.6 is 0 Å². The summed E-state index contributed by atoms with van der Waals surface area (Å²) in [6.07, 6.45) is 2.48. The molecule has 0 radical (unpaired) electrons. The number of hydrogen-bond donors (Lipinski definition) is 0. The van der Waals surface area contributed by atoms with E-state index in [1.54, 1.807) is 0 Å². The second-order valence-corrected chi connectivity index (χ2v) is 7.38. The molecule has 26 heavy (non-hydrogen) atoms. The monoisotopic (exact) mass is 346 g/mol. The Morgan fingerprint density at radius 3 is 2.62 bits per heavy atom. The lowest BCUT2D eigenvalue weighted by molar-refractivity contribution is 0.308. The molecule has 1 aromatic heterocycles. The third-order valence-corrected chi connectivity index (χ3v) is 5.42. The summed E-state index contributed by atoms with van der Waals surface area (Å²) in [5, 5.41) is 1.13. The molecule has 3 aromatic rings. The van der Waals surface area contributed by atoms with Crippen LogP contribution in [0.4, 0.5) is 5.82 Å². The van der Waals surface area contributed by atoms with Gasteiger partial charge in [-0.3, -0.25) is 0 Å². The molecule has 0 N–H and O–H groups in total. The molecule has 0 aliphatic carbocycles. The van der Waals surface area contributed by atoms with Gasteiger partial charge in [0.2, 0.25) is 0 Å². The number of ether oxygens (including phenoxy) is 1. The summed E-state index contributed by atoms with van der Waals surface area (Å²) in [5.41, 5.74) is 3.42. The average molecular weight is 346 g/mol. The summed E-state index contributed by atoms with van der Waals surface area (Å²) in [7, 11) is 0. The van der Waals surface area contributed by atoms with E-state index in [2.05, 4.69) is 61.2 Å². The lowest BCUT2D eigenvalue weighted by atomic mass is 9.99. The van der Waals surface area contributed by atoms with Gasteiger partial charge < -0.3 is 9.64 Å². The largest absolute Gasteiger partial charge is 0.487 e. The van der Waals surface area contributed by atoms with E-state index in [0.717, 1.165) is 41.5 Å². The van der Waals surface area contributed by atoms with Gasteiger partial charge in [0, 0.05) is 18.5 Å². The summed E-state index contributed by atoms with van der Waals surface area (Å²) >= 11 is 0. The Morgan fingerprint density at radius 1 is 1.00 bits per heavy atom. The first-order chi connectivity index (χ1) is 12.7. The topological polar surface area (TPSA) is 25.4 Å². The van der Waals surface area contributed by atoms with E-state index in [4.69, 9.17) is 9.72 Å². The minimum atomic E-state index is 0.568. The van der Waals surface area contributed by atoms with Crippen LogP contribution in [0.2, 0.25) is 0 Å². The summed E-state index contributed by atoms with van der Waals surface area (Å²) in [4.78, 5) is 7.36. The third kappa shape index (κ3) is 3.52. The van der Waals surface area contributed by atoms with Crippen molar-refractivity contribution in [2.24, 2.45) is 5.92 Å². The average Bonchev–Trinajstić information content (AvgIpc) is 2.67. The number of anilines is 1. The van der Waals surface area contributed by atoms with Crippen LogP contribution in [-0.4, -0.2) is 18.1 Å². The molecule has 1 aliphatic heterocycles. The summed E-state index contributed by atoms with van der Waals surface area (Å²) < 4.78 is 6.16. The normalized spacial score (nSPS) is 15.4. The standard InChI is InChI=1S/C23H26N2O/c1-17-12-14-25(15-13-17)22-11-10-19-8-5-9-21(23(19)24-22)26-16-20-7-4-3-6-18(20)2/h3-11,17H,12-16H2,1-2H3. The van der Waals surface area contributed by atoms with Crippen LogP contribution in [0.1, 0.15) is 30.9 Å². The second-order valence-electron chi connectivity index (χ2n) is 7.38. The van der Waals surface area contributed by atoms with Crippen LogP contribution < -0.4 is 9.64 Å². The molecule has 2 aromatic carbocycles. The number of benzene rings is 2. The molecule has 4 rings (SSSR count). The fourth-order valence-electron chi connectivity index (χ4n) is 3.57. The van der Waals surface area contributed by atoms with E-state index in [0.29, 0.717) is 6.61 Å². The SMILES string of the molecule is Cc1ccccc1COc1cccc2ccc(N3CCC(C)CC3)nc12. The predicted octanol–water partition coefficient (Wildman–Crippen LogP) is 5.36. The Morgan fingerprint density at radius 2 is 1.81 bits per heavy atom. The summed E-state index contributed by atoms with van der Waals surface area (Å²) in [5.74, 6) is 2.74. The van der Waals surface area contributed by atoms with Gasteiger partial charge in [0.1, 0.15) is 23.7 Å². The molecule has 0 atom stereocenters. The molecular weight excluding hydrogens is 320 g/mol. The molecule has 2 heterocycles. The highest BCUT2D eigenvalue weighted by molar-refractivity contribution is 5.86. The molecule has 3 nitrogen and oxygen atoms in total. The number of nitrogens with zero attached hydrogens (tertiary/aromatic N) is 2. The van der Waals surface area contributed by atoms with Gasteiger partial charge in [-0.05, 0) is 55.0 Å². The number of hydrogen-bond acceptors (Lipinski definition) is 3. The Bertz CT molecular complexity index is 898. The highest BCUT2D eigenvalue weighted by Crippen LogP contribution is 2.29. The number of aryl methyl sites for hydroxylation is 1. The minimum absolute atomic E-state index is 0.568. The summed E-state index contributed by atoms with van der Waals surface area (Å²) in [6.45, 7) is 7.20. The number of pyridine rings is 1. The van der Waals surface area contributed by atoms with Crippen LogP contribution in [0.5, 0.6) is 5.75 Å². The van der Waals surface area contributed by atoms with Crippen molar-refractivity contribution in [2.45, 2.75) is 33.3 Å². The molecule has 0 spiro atoms. The van der Waals surface area contributed by atoms with E-state index in [9.17, 15) is 0 Å². The van der Waals surface area contributed by atoms with Crippen LogP contribution in [0, 0.1) is 12.8 Å². The second kappa shape index (κ2) is 7.36. The van der Waals surface area contributed by atoms with Crippen LogP contribution in [0.3, 0.4) is 0 Å². The van der Waals surface area contributed by atoms with Crippen molar-refractivity contribution in [2.75, 3.05) is 18.0 Å². The highest BCUT2D eigenvalue weighted by Gasteiger charge is 2.17. The van der Waals surface area contributed by atoms with Gasteiger partial charge >= 0.3 is 0 Å². The molecule has 1 aliphatic rings. The molecule has 134 valence electrons. The predicted molar refractivity (Wildman–Crippen MR) is 108 cm³/mol. The maximum Gasteiger partial charge on any atom is 0.146 e. The van der Waals surface area contributed by atoms with Gasteiger partial charge in [-0.1, -0.05) is 43.3 Å². The number of aromatic nitrogens is 1. The van der Waals surface area contributed by atoms with Crippen LogP contribution in [-0.2, 0) is 6.61 Å². The van der Waals surface area contributed by atoms with Gasteiger partial charge in [-0.25, -0.2) is 4.98 Å². The van der Waals surface area contributed by atoms with Crippen molar-refractivity contribution in [3.63, 3.8) is 0 Å². The van der Waals surface area contributed by atoms with Gasteiger partial charge in [-0.15, -0.1) is 0 Å². The molecule has 3 heteroatoms. The first kappa shape index (κ1) is 16.9. The van der Waals surface area contributed by atoms with E-state index >= 15 is 0 Å². The van der Waals surface area contributed by atoms with Crippen LogP contribution in [0.15, 0.2) is 54.6 Å². The van der Waals surface area contributed by atoms with E-state index < -0.39 is 0 Å². The maximum atomic E-state index is 6.16. The Balaban J connectivity index is 1.60. The fourth-order valence-corrected chi connectivity index (χ4v) is 3.57. The van der Waals surface area contributed by atoms with Gasteiger partial charge in [0.25, 0.3) is 0 Å². The van der Waals surface area contributed by atoms with E-state index in [1.165, 1.54) is 24.0 Å². The highest BCUT2D eigenvalue weighted by atomic mass is 16.5. The first-order valence-corrected chi connectivity index (χ1v) is 9.53. The van der Waals surface area contributed by atoms with Crippen molar-refractivity contribution in [1.82, 2.24) is 4.98 Å². The van der Waals surface area contributed by atoms with Crippen molar-refractivity contribution in [1.29, 1.82) is 0 Å². The lowest BCUT2D eigenvalue weighted by Crippen LogP contribution is -2.33. The van der Waals surface area contributed by atoms with E-state index in [1.807, 2.05) is 12.1 Å². The molecular formula is C23H26N2O. The third-order valence-electron chi connectivity index (χ3n) is 5.42. The summed E-state index contributed by atoms with van der Waals surface area (Å²) in [6, 6.07) is 18.8. The zero-order chi connectivity index (χ0) is 17.9. The van der Waals surface area contributed by atoms with Crippen molar-refractivity contribution < 1.29 is 4.74 Å². The number of fused-ring (bicyclic) bond motifs is 1. The van der Waals surface area contributed by atoms with Crippen LogP contribution in [0.25, 0.3) is 10.9 Å². The lowest BCUT2D eigenvalue weighted by Gasteiger charge is -2.31. The molecule has 0 bridgehead atoms. The number of para-hydroxylation sites is 1. The maximum absolute atomic E-state index is 6.16. The van der Waals surface area contributed by atoms with Gasteiger partial charge in [-0.2, -0.15) is 0 Å². The fraction of sp³-hybridized carbons (Fsp3) is 0.348. The molecule has 0 saturated carbocycles. The Hall–Kier alpha value is -2.55. The van der Waals surface area contributed by atoms with Gasteiger partial charge in [0.05, 0.1) is 0 Å². The molecule has 0 unspecified atom stereocenters. The molecule has 1 fully saturated rings. The Kier molecular flexibility index (Phi) is 4.79. The minimum Gasteiger partial charge on any atom is -0.487 e. The first-order valence-electron chi connectivity index (χ1n) is 9.53. The number of piperidine rings is 1. The smallest absolute Gasteiger partial charge is 0.146 e. The molecule has 1 saturated heterocycles.